The molecule has 1 unspecified atom stereocenters. The number of fused-ring (bicyclic) bond motifs is 1. The van der Waals surface area contributed by atoms with E-state index in [1.54, 1.807) is 25.3 Å². The zero-order valence-corrected chi connectivity index (χ0v) is 18.6. The van der Waals surface area contributed by atoms with Crippen LogP contribution in [0.1, 0.15) is 31.2 Å². The molecular weight excluding hydrogens is 437 g/mol. The van der Waals surface area contributed by atoms with E-state index in [2.05, 4.69) is 0 Å². The van der Waals surface area contributed by atoms with Crippen LogP contribution in [0.3, 0.4) is 0 Å². The van der Waals surface area contributed by atoms with Gasteiger partial charge in [0.05, 0.1) is 16.1 Å². The number of sulfone groups is 1. The molecule has 1 atom stereocenters. The van der Waals surface area contributed by atoms with Gasteiger partial charge in [-0.1, -0.05) is 23.4 Å². The van der Waals surface area contributed by atoms with E-state index in [0.29, 0.717) is 5.02 Å². The first kappa shape index (κ1) is 21.7. The van der Waals surface area contributed by atoms with E-state index in [1.165, 1.54) is 30.8 Å². The second-order valence-corrected chi connectivity index (χ2v) is 10.2. The number of hydrogen-bond donors (Lipinski definition) is 0. The standard InChI is InChI=1S/C20H19ClFNO4S2/c1-11-19(12(2)27-13(3)24)23-8-7-14(21)9-17(23)20(11)28-18-6-5-15(10-16(18)22)29(4,25)26/h5-10,12H,1-4H3. The summed E-state index contributed by atoms with van der Waals surface area (Å²) in [6.45, 7) is 4.97. The Morgan fingerprint density at radius 2 is 1.97 bits per heavy atom. The first-order chi connectivity index (χ1) is 13.5. The highest BCUT2D eigenvalue weighted by Gasteiger charge is 2.23. The normalized spacial score (nSPS) is 12.9. The van der Waals surface area contributed by atoms with Gasteiger partial charge in [-0.3, -0.25) is 4.79 Å². The maximum absolute atomic E-state index is 14.6. The summed E-state index contributed by atoms with van der Waals surface area (Å²) in [5.74, 6) is -1.04. The van der Waals surface area contributed by atoms with Crippen molar-refractivity contribution in [3.05, 3.63) is 58.6 Å². The Morgan fingerprint density at radius 1 is 1.28 bits per heavy atom. The Morgan fingerprint density at radius 3 is 2.55 bits per heavy atom. The molecule has 0 spiro atoms. The van der Waals surface area contributed by atoms with Crippen LogP contribution in [0.4, 0.5) is 4.39 Å². The predicted octanol–water partition coefficient (Wildman–Crippen LogP) is 5.22. The fraction of sp³-hybridized carbons (Fsp3) is 0.250. The van der Waals surface area contributed by atoms with Gasteiger partial charge >= 0.3 is 5.97 Å². The van der Waals surface area contributed by atoms with Gasteiger partial charge < -0.3 is 9.14 Å². The van der Waals surface area contributed by atoms with E-state index in [1.807, 2.05) is 11.3 Å². The molecule has 2 heterocycles. The van der Waals surface area contributed by atoms with E-state index in [0.717, 1.165) is 34.0 Å². The summed E-state index contributed by atoms with van der Waals surface area (Å²) in [4.78, 5) is 12.4. The number of rotatable bonds is 5. The number of aromatic nitrogens is 1. The number of ether oxygens (including phenoxy) is 1. The zero-order valence-electron chi connectivity index (χ0n) is 16.2. The van der Waals surface area contributed by atoms with Crippen LogP contribution in [0.15, 0.2) is 51.2 Å². The molecule has 0 saturated carbocycles. The predicted molar refractivity (Wildman–Crippen MR) is 111 cm³/mol. The third-order valence-electron chi connectivity index (χ3n) is 4.41. The Balaban J connectivity index is 2.14. The van der Waals surface area contributed by atoms with Gasteiger partial charge in [-0.15, -0.1) is 0 Å². The number of carbonyl (C=O) groups is 1. The monoisotopic (exact) mass is 455 g/mol. The Kier molecular flexibility index (Phi) is 5.98. The van der Waals surface area contributed by atoms with Crippen molar-refractivity contribution in [1.29, 1.82) is 0 Å². The van der Waals surface area contributed by atoms with Gasteiger partial charge in [-0.25, -0.2) is 12.8 Å². The van der Waals surface area contributed by atoms with Crippen LogP contribution in [-0.2, 0) is 19.4 Å². The molecule has 0 aliphatic rings. The number of pyridine rings is 1. The van der Waals surface area contributed by atoms with Gasteiger partial charge in [-0.05, 0) is 49.7 Å². The van der Waals surface area contributed by atoms with Crippen molar-refractivity contribution in [2.45, 2.75) is 41.6 Å². The zero-order chi connectivity index (χ0) is 21.5. The number of halogens is 2. The Hall–Kier alpha value is -2.03. The van der Waals surface area contributed by atoms with Crippen LogP contribution in [0.5, 0.6) is 0 Å². The average Bonchev–Trinajstić information content (AvgIpc) is 2.86. The van der Waals surface area contributed by atoms with Gasteiger partial charge in [0.1, 0.15) is 11.9 Å². The van der Waals surface area contributed by atoms with E-state index in [-0.39, 0.29) is 9.79 Å². The minimum absolute atomic E-state index is 0.0787. The Labute approximate surface area is 177 Å². The highest BCUT2D eigenvalue weighted by molar-refractivity contribution is 7.99. The van der Waals surface area contributed by atoms with Gasteiger partial charge in [0.15, 0.2) is 9.84 Å². The van der Waals surface area contributed by atoms with Crippen LogP contribution in [-0.4, -0.2) is 25.0 Å². The smallest absolute Gasteiger partial charge is 0.303 e. The fourth-order valence-electron chi connectivity index (χ4n) is 3.19. The summed E-state index contributed by atoms with van der Waals surface area (Å²) >= 11 is 7.34. The van der Waals surface area contributed by atoms with Gasteiger partial charge in [0, 0.05) is 34.2 Å². The third-order valence-corrected chi connectivity index (χ3v) is 7.02. The van der Waals surface area contributed by atoms with Crippen molar-refractivity contribution < 1.29 is 22.3 Å². The lowest BCUT2D eigenvalue weighted by atomic mass is 10.2. The molecule has 0 radical (unpaired) electrons. The van der Waals surface area contributed by atoms with Crippen molar-refractivity contribution in [3.63, 3.8) is 0 Å². The molecule has 3 rings (SSSR count). The number of nitrogens with zero attached hydrogens (tertiary/aromatic N) is 1. The molecule has 0 fully saturated rings. The minimum Gasteiger partial charge on any atom is -0.456 e. The van der Waals surface area contributed by atoms with E-state index < -0.39 is 27.7 Å². The molecule has 0 N–H and O–H groups in total. The molecule has 154 valence electrons. The molecule has 2 aromatic heterocycles. The lowest BCUT2D eigenvalue weighted by Gasteiger charge is -2.13. The SMILES string of the molecule is CC(=O)OC(C)c1c(C)c(Sc2ccc(S(C)(=O)=O)cc2F)c2cc(Cl)ccn12. The van der Waals surface area contributed by atoms with Crippen LogP contribution in [0, 0.1) is 12.7 Å². The number of benzene rings is 1. The van der Waals surface area contributed by atoms with Gasteiger partial charge in [0.25, 0.3) is 0 Å². The quantitative estimate of drug-likeness (QED) is 0.493. The number of esters is 1. The van der Waals surface area contributed by atoms with Crippen molar-refractivity contribution >= 4 is 44.7 Å². The summed E-state index contributed by atoms with van der Waals surface area (Å²) in [7, 11) is -3.50. The third kappa shape index (κ3) is 4.44. The first-order valence-electron chi connectivity index (χ1n) is 8.63. The summed E-state index contributed by atoms with van der Waals surface area (Å²) < 4.78 is 45.2. The van der Waals surface area contributed by atoms with Crippen molar-refractivity contribution in [2.24, 2.45) is 0 Å². The van der Waals surface area contributed by atoms with Crippen LogP contribution in [0.25, 0.3) is 5.52 Å². The molecule has 9 heteroatoms. The van der Waals surface area contributed by atoms with Gasteiger partial charge in [-0.2, -0.15) is 0 Å². The molecule has 29 heavy (non-hydrogen) atoms. The molecule has 5 nitrogen and oxygen atoms in total. The summed E-state index contributed by atoms with van der Waals surface area (Å²) in [6.07, 6.45) is 2.28. The summed E-state index contributed by atoms with van der Waals surface area (Å²) in [6, 6.07) is 7.31. The molecule has 0 aliphatic carbocycles. The summed E-state index contributed by atoms with van der Waals surface area (Å²) in [5.41, 5.74) is 2.31. The topological polar surface area (TPSA) is 64.9 Å². The molecule has 0 bridgehead atoms. The lowest BCUT2D eigenvalue weighted by molar-refractivity contribution is -0.146. The molecule has 0 aliphatic heterocycles. The minimum atomic E-state index is -3.50. The highest BCUT2D eigenvalue weighted by Crippen LogP contribution is 2.41. The van der Waals surface area contributed by atoms with Crippen molar-refractivity contribution in [3.8, 4) is 0 Å². The maximum Gasteiger partial charge on any atom is 0.303 e. The van der Waals surface area contributed by atoms with E-state index in [9.17, 15) is 17.6 Å². The number of carbonyl (C=O) groups excluding carboxylic acids is 1. The van der Waals surface area contributed by atoms with Gasteiger partial charge in [0.2, 0.25) is 0 Å². The largest absolute Gasteiger partial charge is 0.456 e. The molecule has 0 saturated heterocycles. The summed E-state index contributed by atoms with van der Waals surface area (Å²) in [5, 5.41) is 0.511. The molecular formula is C20H19ClFNO4S2. The van der Waals surface area contributed by atoms with E-state index >= 15 is 0 Å². The lowest BCUT2D eigenvalue weighted by Crippen LogP contribution is -2.08. The molecule has 3 aromatic rings. The second kappa shape index (κ2) is 8.01. The fourth-order valence-corrected chi connectivity index (χ4v) is 5.01. The van der Waals surface area contributed by atoms with Crippen molar-refractivity contribution in [1.82, 2.24) is 4.40 Å². The number of hydrogen-bond acceptors (Lipinski definition) is 5. The van der Waals surface area contributed by atoms with Crippen LogP contribution in [0.2, 0.25) is 5.02 Å². The van der Waals surface area contributed by atoms with Crippen molar-refractivity contribution in [2.75, 3.05) is 6.26 Å². The van der Waals surface area contributed by atoms with Crippen LogP contribution < -0.4 is 0 Å². The molecule has 0 amide bonds. The Bertz CT molecular complexity index is 1220. The molecule has 1 aromatic carbocycles. The van der Waals surface area contributed by atoms with Crippen LogP contribution >= 0.6 is 23.4 Å². The average molecular weight is 456 g/mol. The maximum atomic E-state index is 14.6. The second-order valence-electron chi connectivity index (χ2n) is 6.66. The first-order valence-corrected chi connectivity index (χ1v) is 11.7. The van der Waals surface area contributed by atoms with E-state index in [4.69, 9.17) is 16.3 Å². The highest BCUT2D eigenvalue weighted by atomic mass is 35.5.